The topological polar surface area (TPSA) is 59.3 Å². The Hall–Kier alpha value is -2.47. The molecule has 116 valence electrons. The van der Waals surface area contributed by atoms with Gasteiger partial charge in [0.1, 0.15) is 5.82 Å². The molecule has 0 unspecified atom stereocenters. The molecule has 1 amide bonds. The van der Waals surface area contributed by atoms with Crippen molar-refractivity contribution in [1.29, 1.82) is 0 Å². The average molecular weight is 371 g/mol. The molecule has 0 fully saturated rings. The van der Waals surface area contributed by atoms with Gasteiger partial charge in [-0.2, -0.15) is 5.10 Å². The predicted octanol–water partition coefficient (Wildman–Crippen LogP) is 3.03. The Morgan fingerprint density at radius 1 is 1.30 bits per heavy atom. The van der Waals surface area contributed by atoms with Crippen LogP contribution < -0.4 is 5.43 Å². The van der Waals surface area contributed by atoms with Crippen molar-refractivity contribution in [2.75, 3.05) is 0 Å². The van der Waals surface area contributed by atoms with Gasteiger partial charge < -0.3 is 4.57 Å². The zero-order valence-corrected chi connectivity index (χ0v) is 14.1. The largest absolute Gasteiger partial charge is 0.331 e. The molecule has 0 aliphatic heterocycles. The number of hydrazone groups is 1. The Bertz CT molecular complexity index is 885. The number of amides is 1. The Kier molecular flexibility index (Phi) is 4.52. The monoisotopic (exact) mass is 370 g/mol. The van der Waals surface area contributed by atoms with Gasteiger partial charge in [0, 0.05) is 11.5 Å². The number of carbonyl (C=O) groups is 1. The van der Waals surface area contributed by atoms with Crippen LogP contribution in [0.5, 0.6) is 0 Å². The smallest absolute Gasteiger partial charge is 0.247 e. The molecule has 2 aromatic carbocycles. The van der Waals surface area contributed by atoms with E-state index in [2.05, 4.69) is 31.4 Å². The number of benzene rings is 2. The van der Waals surface area contributed by atoms with Crippen molar-refractivity contribution in [3.8, 4) is 0 Å². The zero-order chi connectivity index (χ0) is 16.2. The first-order chi connectivity index (χ1) is 11.1. The number of imidazole rings is 1. The van der Waals surface area contributed by atoms with Crippen LogP contribution in [0.1, 0.15) is 11.4 Å². The minimum absolute atomic E-state index is 0.182. The third kappa shape index (κ3) is 3.65. The fourth-order valence-corrected chi connectivity index (χ4v) is 2.72. The lowest BCUT2D eigenvalue weighted by Gasteiger charge is -2.01. The lowest BCUT2D eigenvalue weighted by molar-refractivity contribution is -0.120. The summed E-state index contributed by atoms with van der Waals surface area (Å²) in [5.74, 6) is 0.510. The first-order valence-electron chi connectivity index (χ1n) is 7.11. The van der Waals surface area contributed by atoms with Crippen LogP contribution in [0.4, 0.5) is 0 Å². The van der Waals surface area contributed by atoms with E-state index in [-0.39, 0.29) is 12.3 Å². The van der Waals surface area contributed by atoms with Gasteiger partial charge >= 0.3 is 0 Å². The van der Waals surface area contributed by atoms with Crippen molar-refractivity contribution in [3.63, 3.8) is 0 Å². The Morgan fingerprint density at radius 3 is 2.91 bits per heavy atom. The highest BCUT2D eigenvalue weighted by Crippen LogP contribution is 2.14. The van der Waals surface area contributed by atoms with E-state index in [1.54, 1.807) is 6.21 Å². The van der Waals surface area contributed by atoms with E-state index in [1.165, 1.54) is 0 Å². The summed E-state index contributed by atoms with van der Waals surface area (Å²) in [5.41, 5.74) is 5.33. The summed E-state index contributed by atoms with van der Waals surface area (Å²) in [6.07, 6.45) is 1.79. The van der Waals surface area contributed by atoms with E-state index in [9.17, 15) is 4.79 Å². The molecule has 5 nitrogen and oxygen atoms in total. The van der Waals surface area contributed by atoms with Crippen LogP contribution in [0.2, 0.25) is 0 Å². The maximum atomic E-state index is 12.0. The maximum Gasteiger partial charge on any atom is 0.247 e. The second-order valence-corrected chi connectivity index (χ2v) is 6.02. The first-order valence-corrected chi connectivity index (χ1v) is 7.90. The van der Waals surface area contributed by atoms with Crippen molar-refractivity contribution >= 4 is 39.1 Å². The number of halogens is 1. The van der Waals surface area contributed by atoms with Crippen molar-refractivity contribution in [3.05, 3.63) is 64.4 Å². The predicted molar refractivity (Wildman–Crippen MR) is 94.3 cm³/mol. The minimum atomic E-state index is -0.199. The summed E-state index contributed by atoms with van der Waals surface area (Å²) in [7, 11) is 1.91. The van der Waals surface area contributed by atoms with E-state index in [0.717, 1.165) is 21.1 Å². The highest BCUT2D eigenvalue weighted by molar-refractivity contribution is 9.10. The molecule has 3 aromatic rings. The van der Waals surface area contributed by atoms with Gasteiger partial charge in [-0.05, 0) is 29.8 Å². The number of para-hydroxylation sites is 2. The molecule has 1 N–H and O–H groups in total. The average Bonchev–Trinajstić information content (AvgIpc) is 2.84. The van der Waals surface area contributed by atoms with Gasteiger partial charge in [-0.1, -0.05) is 40.2 Å². The highest BCUT2D eigenvalue weighted by Gasteiger charge is 2.10. The van der Waals surface area contributed by atoms with Gasteiger partial charge in [-0.3, -0.25) is 4.79 Å². The van der Waals surface area contributed by atoms with E-state index >= 15 is 0 Å². The summed E-state index contributed by atoms with van der Waals surface area (Å²) in [6.45, 7) is 0. The van der Waals surface area contributed by atoms with Crippen LogP contribution in [-0.4, -0.2) is 21.7 Å². The first kappa shape index (κ1) is 15.4. The molecule has 3 rings (SSSR count). The van der Waals surface area contributed by atoms with E-state index in [0.29, 0.717) is 5.82 Å². The Morgan fingerprint density at radius 2 is 2.13 bits per heavy atom. The molecule has 0 saturated carbocycles. The van der Waals surface area contributed by atoms with E-state index in [4.69, 9.17) is 0 Å². The van der Waals surface area contributed by atoms with Crippen molar-refractivity contribution in [2.45, 2.75) is 6.42 Å². The van der Waals surface area contributed by atoms with Gasteiger partial charge in [-0.15, -0.1) is 0 Å². The third-order valence-electron chi connectivity index (χ3n) is 3.45. The summed E-state index contributed by atoms with van der Waals surface area (Å²) in [4.78, 5) is 16.5. The molecule has 0 spiro atoms. The number of carbonyl (C=O) groups excluding carboxylic acids is 1. The zero-order valence-electron chi connectivity index (χ0n) is 12.5. The van der Waals surface area contributed by atoms with Crippen LogP contribution in [0.3, 0.4) is 0 Å². The number of aryl methyl sites for hydroxylation is 1. The number of nitrogens with zero attached hydrogens (tertiary/aromatic N) is 3. The molecule has 23 heavy (non-hydrogen) atoms. The molecular weight excluding hydrogens is 356 g/mol. The Balaban J connectivity index is 1.66. The quantitative estimate of drug-likeness (QED) is 0.566. The van der Waals surface area contributed by atoms with Gasteiger partial charge in [0.25, 0.3) is 0 Å². The summed E-state index contributed by atoms with van der Waals surface area (Å²) >= 11 is 3.39. The lowest BCUT2D eigenvalue weighted by atomic mass is 10.2. The molecule has 6 heteroatoms. The minimum Gasteiger partial charge on any atom is -0.331 e. The van der Waals surface area contributed by atoms with Crippen molar-refractivity contribution in [2.24, 2.45) is 12.1 Å². The van der Waals surface area contributed by atoms with E-state index in [1.807, 2.05) is 60.1 Å². The number of aromatic nitrogens is 2. The van der Waals surface area contributed by atoms with Gasteiger partial charge in [0.15, 0.2) is 0 Å². The summed E-state index contributed by atoms with van der Waals surface area (Å²) < 4.78 is 2.89. The SMILES string of the molecule is Cn1c(CC(=O)N/N=C\c2cccc(Br)c2)nc2ccccc21. The highest BCUT2D eigenvalue weighted by atomic mass is 79.9. The third-order valence-corrected chi connectivity index (χ3v) is 3.94. The molecule has 0 atom stereocenters. The Labute approximate surface area is 142 Å². The summed E-state index contributed by atoms with van der Waals surface area (Å²) in [6, 6.07) is 15.5. The second-order valence-electron chi connectivity index (χ2n) is 5.10. The number of rotatable bonds is 4. The van der Waals surface area contributed by atoms with Crippen LogP contribution in [-0.2, 0) is 18.3 Å². The molecule has 0 saturated heterocycles. The molecule has 1 aromatic heterocycles. The number of nitrogens with one attached hydrogen (secondary N) is 1. The molecular formula is C17H15BrN4O. The van der Waals surface area contributed by atoms with Crippen molar-refractivity contribution in [1.82, 2.24) is 15.0 Å². The van der Waals surface area contributed by atoms with Crippen LogP contribution in [0.25, 0.3) is 11.0 Å². The molecule has 1 heterocycles. The fourth-order valence-electron chi connectivity index (χ4n) is 2.30. The normalized spacial score (nSPS) is 11.2. The molecule has 0 radical (unpaired) electrons. The lowest BCUT2D eigenvalue weighted by Crippen LogP contribution is -2.21. The summed E-state index contributed by atoms with van der Waals surface area (Å²) in [5, 5.41) is 3.98. The number of hydrogen-bond acceptors (Lipinski definition) is 3. The second kappa shape index (κ2) is 6.75. The number of hydrogen-bond donors (Lipinski definition) is 1. The van der Waals surface area contributed by atoms with Gasteiger partial charge in [-0.25, -0.2) is 10.4 Å². The van der Waals surface area contributed by atoms with Crippen molar-refractivity contribution < 1.29 is 4.79 Å². The maximum absolute atomic E-state index is 12.0. The van der Waals surface area contributed by atoms with Crippen LogP contribution in [0, 0.1) is 0 Å². The molecule has 0 aliphatic rings. The molecule has 0 bridgehead atoms. The number of fused-ring (bicyclic) bond motifs is 1. The standard InChI is InChI=1S/C17H15BrN4O/c1-22-15-8-3-2-7-14(15)20-16(22)10-17(23)21-19-11-12-5-4-6-13(18)9-12/h2-9,11H,10H2,1H3,(H,21,23)/b19-11-. The molecule has 0 aliphatic carbocycles. The fraction of sp³-hybridized carbons (Fsp3) is 0.118. The van der Waals surface area contributed by atoms with Gasteiger partial charge in [0.2, 0.25) is 5.91 Å². The van der Waals surface area contributed by atoms with Crippen LogP contribution in [0.15, 0.2) is 58.1 Å². The van der Waals surface area contributed by atoms with Gasteiger partial charge in [0.05, 0.1) is 23.7 Å². The van der Waals surface area contributed by atoms with E-state index < -0.39 is 0 Å². The van der Waals surface area contributed by atoms with Crippen LogP contribution >= 0.6 is 15.9 Å².